The monoisotopic (exact) mass is 507 g/mol. The van der Waals surface area contributed by atoms with Gasteiger partial charge in [-0.2, -0.15) is 0 Å². The van der Waals surface area contributed by atoms with Crippen molar-refractivity contribution in [2.24, 2.45) is 5.92 Å². The molecular formula is C25H25N5O5S. The van der Waals surface area contributed by atoms with E-state index in [-0.39, 0.29) is 34.5 Å². The molecule has 3 heterocycles. The molecule has 0 bridgehead atoms. The van der Waals surface area contributed by atoms with E-state index in [4.69, 9.17) is 9.47 Å². The largest absolute Gasteiger partial charge is 0.454 e. The van der Waals surface area contributed by atoms with Crippen LogP contribution in [0.3, 0.4) is 0 Å². The molecule has 0 atom stereocenters. The van der Waals surface area contributed by atoms with Gasteiger partial charge in [-0.1, -0.05) is 29.5 Å². The highest BCUT2D eigenvalue weighted by Gasteiger charge is 2.28. The summed E-state index contributed by atoms with van der Waals surface area (Å²) in [6, 6.07) is 12.8. The highest BCUT2D eigenvalue weighted by atomic mass is 32.1. The number of carbonyl (C=O) groups excluding carboxylic acids is 3. The number of fused-ring (bicyclic) bond motifs is 1. The molecule has 2 aromatic carbocycles. The predicted molar refractivity (Wildman–Crippen MR) is 133 cm³/mol. The van der Waals surface area contributed by atoms with E-state index >= 15 is 0 Å². The van der Waals surface area contributed by atoms with E-state index < -0.39 is 5.91 Å². The first-order chi connectivity index (χ1) is 17.5. The maximum atomic E-state index is 12.9. The normalized spacial score (nSPS) is 15.0. The van der Waals surface area contributed by atoms with Crippen molar-refractivity contribution < 1.29 is 23.9 Å². The number of carbonyl (C=O) groups is 3. The molecule has 3 amide bonds. The van der Waals surface area contributed by atoms with E-state index in [0.717, 1.165) is 35.4 Å². The first kappa shape index (κ1) is 23.7. The number of hydrogen-bond donors (Lipinski definition) is 2. The number of rotatable bonds is 6. The van der Waals surface area contributed by atoms with Crippen molar-refractivity contribution >= 4 is 40.4 Å². The number of anilines is 2. The van der Waals surface area contributed by atoms with Crippen molar-refractivity contribution in [1.82, 2.24) is 15.1 Å². The van der Waals surface area contributed by atoms with Crippen LogP contribution in [0.1, 0.15) is 44.4 Å². The molecule has 1 saturated heterocycles. The van der Waals surface area contributed by atoms with Gasteiger partial charge in [0.2, 0.25) is 22.7 Å². The Morgan fingerprint density at radius 1 is 1.00 bits per heavy atom. The zero-order chi connectivity index (χ0) is 25.1. The number of hydrogen-bond acceptors (Lipinski definition) is 8. The number of para-hydroxylation sites is 1. The van der Waals surface area contributed by atoms with Gasteiger partial charge in [0.25, 0.3) is 11.8 Å². The summed E-state index contributed by atoms with van der Waals surface area (Å²) in [6.45, 7) is 3.16. The van der Waals surface area contributed by atoms with Crippen molar-refractivity contribution in [1.29, 1.82) is 0 Å². The van der Waals surface area contributed by atoms with Crippen molar-refractivity contribution in [3.63, 3.8) is 0 Å². The van der Waals surface area contributed by atoms with E-state index in [1.807, 2.05) is 31.2 Å². The summed E-state index contributed by atoms with van der Waals surface area (Å²) < 4.78 is 10.6. The van der Waals surface area contributed by atoms with Crippen LogP contribution >= 0.6 is 11.3 Å². The Bertz CT molecular complexity index is 1300. The number of nitrogens with one attached hydrogen (secondary N) is 2. The molecule has 3 aromatic rings. The zero-order valence-corrected chi connectivity index (χ0v) is 20.5. The van der Waals surface area contributed by atoms with Crippen LogP contribution in [0.4, 0.5) is 11.4 Å². The number of piperidine rings is 1. The zero-order valence-electron chi connectivity index (χ0n) is 19.7. The molecule has 10 nitrogen and oxygen atoms in total. The standard InChI is InChI=1S/C25H25N5O5S/c1-15-4-2-3-5-18(15)27-21(31)12-16-8-10-30(11-9-16)25(33)24-29-28-23(36-24)22(32)26-17-6-7-19-20(13-17)35-14-34-19/h2-7,13,16H,8-12,14H2,1H3,(H,26,32)(H,27,31). The Morgan fingerprint density at radius 2 is 1.75 bits per heavy atom. The van der Waals surface area contributed by atoms with Gasteiger partial charge in [0, 0.05) is 37.0 Å². The summed E-state index contributed by atoms with van der Waals surface area (Å²) in [5.41, 5.74) is 2.37. The first-order valence-corrected chi connectivity index (χ1v) is 12.5. The van der Waals surface area contributed by atoms with Gasteiger partial charge < -0.3 is 25.0 Å². The second-order valence-electron chi connectivity index (χ2n) is 8.74. The molecule has 1 aromatic heterocycles. The van der Waals surface area contributed by atoms with E-state index in [1.54, 1.807) is 23.1 Å². The molecule has 0 unspecified atom stereocenters. The van der Waals surface area contributed by atoms with Gasteiger partial charge in [-0.05, 0) is 49.4 Å². The van der Waals surface area contributed by atoms with Gasteiger partial charge in [-0.25, -0.2) is 0 Å². The van der Waals surface area contributed by atoms with Crippen LogP contribution in [0.5, 0.6) is 11.5 Å². The van der Waals surface area contributed by atoms with E-state index in [0.29, 0.717) is 36.7 Å². The average Bonchev–Trinajstić information content (AvgIpc) is 3.55. The van der Waals surface area contributed by atoms with Crippen LogP contribution < -0.4 is 20.1 Å². The fraction of sp³-hybridized carbons (Fsp3) is 0.320. The number of benzene rings is 2. The third kappa shape index (κ3) is 5.30. The lowest BCUT2D eigenvalue weighted by Gasteiger charge is -2.31. The van der Waals surface area contributed by atoms with Crippen LogP contribution in [0.15, 0.2) is 42.5 Å². The molecule has 0 radical (unpaired) electrons. The minimum atomic E-state index is -0.455. The van der Waals surface area contributed by atoms with Crippen LogP contribution in [-0.2, 0) is 4.79 Å². The number of ether oxygens (including phenoxy) is 2. The lowest BCUT2D eigenvalue weighted by molar-refractivity contribution is -0.117. The lowest BCUT2D eigenvalue weighted by atomic mass is 9.93. The molecule has 5 rings (SSSR count). The fourth-order valence-electron chi connectivity index (χ4n) is 4.21. The quantitative estimate of drug-likeness (QED) is 0.521. The third-order valence-electron chi connectivity index (χ3n) is 6.23. The number of likely N-dealkylation sites (tertiary alicyclic amines) is 1. The first-order valence-electron chi connectivity index (χ1n) is 11.7. The van der Waals surface area contributed by atoms with Crippen LogP contribution in [0.2, 0.25) is 0 Å². The van der Waals surface area contributed by atoms with Crippen LogP contribution in [0.25, 0.3) is 0 Å². The van der Waals surface area contributed by atoms with Crippen LogP contribution in [0, 0.1) is 12.8 Å². The molecule has 2 aliphatic heterocycles. The summed E-state index contributed by atoms with van der Waals surface area (Å²) in [7, 11) is 0. The van der Waals surface area contributed by atoms with Gasteiger partial charge in [0.1, 0.15) is 0 Å². The van der Waals surface area contributed by atoms with Gasteiger partial charge in [0.15, 0.2) is 11.5 Å². The number of nitrogens with zero attached hydrogens (tertiary/aromatic N) is 3. The molecule has 1 fully saturated rings. The SMILES string of the molecule is Cc1ccccc1NC(=O)CC1CCN(C(=O)c2nnc(C(=O)Nc3ccc4c(c3)OCO4)s2)CC1. The van der Waals surface area contributed by atoms with E-state index in [1.165, 1.54) is 0 Å². The Balaban J connectivity index is 1.11. The second kappa shape index (κ2) is 10.3. The maximum Gasteiger partial charge on any atom is 0.286 e. The van der Waals surface area contributed by atoms with E-state index in [2.05, 4.69) is 20.8 Å². The molecule has 0 spiro atoms. The van der Waals surface area contributed by atoms with Gasteiger partial charge in [-0.3, -0.25) is 14.4 Å². The Labute approximate surface area is 211 Å². The van der Waals surface area contributed by atoms with Crippen molar-refractivity contribution in [3.05, 3.63) is 58.0 Å². The molecule has 0 aliphatic carbocycles. The van der Waals surface area contributed by atoms with Gasteiger partial charge >= 0.3 is 0 Å². The molecule has 11 heteroatoms. The predicted octanol–water partition coefficient (Wildman–Crippen LogP) is 3.71. The minimum absolute atomic E-state index is 0.0173. The number of amides is 3. The molecule has 2 aliphatic rings. The Hall–Kier alpha value is -3.99. The fourth-order valence-corrected chi connectivity index (χ4v) is 4.92. The minimum Gasteiger partial charge on any atom is -0.454 e. The molecule has 186 valence electrons. The second-order valence-corrected chi connectivity index (χ2v) is 9.71. The molecule has 0 saturated carbocycles. The van der Waals surface area contributed by atoms with Crippen molar-refractivity contribution in [2.75, 3.05) is 30.5 Å². The van der Waals surface area contributed by atoms with Crippen molar-refractivity contribution in [3.8, 4) is 11.5 Å². The summed E-state index contributed by atoms with van der Waals surface area (Å²) in [6.07, 6.45) is 1.87. The summed E-state index contributed by atoms with van der Waals surface area (Å²) in [5, 5.41) is 13.8. The van der Waals surface area contributed by atoms with Crippen LogP contribution in [-0.4, -0.2) is 52.7 Å². The Morgan fingerprint density at radius 3 is 2.56 bits per heavy atom. The van der Waals surface area contributed by atoms with Gasteiger partial charge in [0.05, 0.1) is 0 Å². The highest BCUT2D eigenvalue weighted by molar-refractivity contribution is 7.15. The van der Waals surface area contributed by atoms with Gasteiger partial charge in [-0.15, -0.1) is 10.2 Å². The highest BCUT2D eigenvalue weighted by Crippen LogP contribution is 2.34. The summed E-state index contributed by atoms with van der Waals surface area (Å²) >= 11 is 0.956. The molecular weight excluding hydrogens is 482 g/mol. The topological polar surface area (TPSA) is 123 Å². The lowest BCUT2D eigenvalue weighted by Crippen LogP contribution is -2.39. The third-order valence-corrected chi connectivity index (χ3v) is 7.14. The number of aromatic nitrogens is 2. The summed E-state index contributed by atoms with van der Waals surface area (Å²) in [4.78, 5) is 39.7. The maximum absolute atomic E-state index is 12.9. The van der Waals surface area contributed by atoms with Crippen molar-refractivity contribution in [2.45, 2.75) is 26.2 Å². The average molecular weight is 508 g/mol. The summed E-state index contributed by atoms with van der Waals surface area (Å²) in [5.74, 6) is 0.651. The smallest absolute Gasteiger partial charge is 0.286 e. The Kier molecular flexibility index (Phi) is 6.81. The molecule has 2 N–H and O–H groups in total. The molecule has 36 heavy (non-hydrogen) atoms. The van der Waals surface area contributed by atoms with E-state index in [9.17, 15) is 14.4 Å². The number of aryl methyl sites for hydroxylation is 1.